The number of ether oxygens (including phenoxy) is 2. The molecule has 58 heavy (non-hydrogen) atoms. The summed E-state index contributed by atoms with van der Waals surface area (Å²) in [6, 6.07) is 50.0. The van der Waals surface area contributed by atoms with Crippen LogP contribution in [0.1, 0.15) is 22.8 Å². The molecule has 0 atom stereocenters. The smallest absolute Gasteiger partial charge is 0.657 e. The fourth-order valence-electron chi connectivity index (χ4n) is 6.88. The maximum Gasteiger partial charge on any atom is 3.00 e. The second-order valence-electron chi connectivity index (χ2n) is 12.9. The number of rotatable bonds is 6. The van der Waals surface area contributed by atoms with E-state index in [4.69, 9.17) is 19.9 Å². The molecular formula is C49H34CoN4O4. The first-order valence-corrected chi connectivity index (χ1v) is 18.2. The number of nitrogens with zero attached hydrogens (tertiary/aromatic N) is 4. The van der Waals surface area contributed by atoms with Gasteiger partial charge in [-0.15, -0.1) is 22.1 Å². The molecule has 0 unspecified atom stereocenters. The van der Waals surface area contributed by atoms with Gasteiger partial charge in [-0.1, -0.05) is 146 Å². The van der Waals surface area contributed by atoms with Gasteiger partial charge < -0.3 is 19.4 Å². The molecule has 0 spiro atoms. The van der Waals surface area contributed by atoms with Gasteiger partial charge in [-0.2, -0.15) is 0 Å². The van der Waals surface area contributed by atoms with Gasteiger partial charge >= 0.3 is 16.8 Å². The second-order valence-corrected chi connectivity index (χ2v) is 12.9. The van der Waals surface area contributed by atoms with Gasteiger partial charge in [-0.05, 0) is 68.8 Å². The van der Waals surface area contributed by atoms with Crippen molar-refractivity contribution in [1.82, 2.24) is 19.9 Å². The van der Waals surface area contributed by atoms with E-state index in [-0.39, 0.29) is 16.8 Å². The van der Waals surface area contributed by atoms with Crippen LogP contribution in [0.2, 0.25) is 0 Å². The standard InChI is InChI=1S/C44H28N4.C5H6O4.Co/c1-5-13-29(14-6-1)41-33-21-23-35(45-33)42(30-15-7-2-8-16-30)37-25-27-39(47-37)44(32-19-11-4-12-20-32)40-28-26-38(48-40)43(31-17-9-3-10-18-31)36-24-22-34(41)46-36;1-8-4(6)3-5(7)9-2;/h1-28H;1-2H3;/q-2;-1;+3. The van der Waals surface area contributed by atoms with E-state index in [1.54, 1.807) is 6.42 Å². The molecule has 2 aliphatic heterocycles. The van der Waals surface area contributed by atoms with Crippen molar-refractivity contribution in [3.63, 3.8) is 0 Å². The number of hydrogen-bond acceptors (Lipinski definition) is 6. The molecular weight excluding hydrogens is 767 g/mol. The topological polar surface area (TPSA) is 107 Å². The van der Waals surface area contributed by atoms with E-state index in [0.717, 1.165) is 104 Å². The number of fused-ring (bicyclic) bond motifs is 8. The molecule has 0 fully saturated rings. The van der Waals surface area contributed by atoms with Gasteiger partial charge in [0.1, 0.15) is 0 Å². The Bertz CT molecular complexity index is 2450. The molecule has 3 aromatic heterocycles. The summed E-state index contributed by atoms with van der Waals surface area (Å²) < 4.78 is 8.14. The van der Waals surface area contributed by atoms with Gasteiger partial charge in [0.25, 0.3) is 0 Å². The van der Waals surface area contributed by atoms with Gasteiger partial charge in [0.2, 0.25) is 0 Å². The third kappa shape index (κ3) is 8.17. The zero-order valence-electron chi connectivity index (χ0n) is 31.4. The van der Waals surface area contributed by atoms with Crippen molar-refractivity contribution in [1.29, 1.82) is 0 Å². The summed E-state index contributed by atoms with van der Waals surface area (Å²) >= 11 is 0. The number of benzene rings is 4. The van der Waals surface area contributed by atoms with Gasteiger partial charge in [-0.25, -0.2) is 9.97 Å². The summed E-state index contributed by atoms with van der Waals surface area (Å²) in [6.45, 7) is 0. The molecule has 0 amide bonds. The van der Waals surface area contributed by atoms with E-state index in [1.165, 1.54) is 0 Å². The molecule has 7 aromatic rings. The van der Waals surface area contributed by atoms with Crippen LogP contribution in [0.4, 0.5) is 0 Å². The first-order chi connectivity index (χ1) is 28.0. The largest absolute Gasteiger partial charge is 3.00 e. The van der Waals surface area contributed by atoms with Crippen LogP contribution in [0, 0.1) is 6.42 Å². The van der Waals surface area contributed by atoms with Crippen molar-refractivity contribution in [3.05, 3.63) is 175 Å². The number of esters is 2. The predicted octanol–water partition coefficient (Wildman–Crippen LogP) is 9.99. The van der Waals surface area contributed by atoms with Gasteiger partial charge in [0, 0.05) is 0 Å². The number of methoxy groups -OCH3 is 2. The average Bonchev–Trinajstić information content (AvgIpc) is 4.11. The van der Waals surface area contributed by atoms with Crippen LogP contribution in [0.25, 0.3) is 90.9 Å². The van der Waals surface area contributed by atoms with E-state index in [1.807, 2.05) is 24.3 Å². The van der Waals surface area contributed by atoms with Crippen molar-refractivity contribution >= 4 is 58.3 Å². The molecule has 9 heteroatoms. The number of carbonyl (C=O) groups excluding carboxylic acids is 2. The molecule has 2 aliphatic rings. The Kier molecular flexibility index (Phi) is 11.9. The molecule has 0 saturated heterocycles. The average molecular weight is 802 g/mol. The molecule has 9 rings (SSSR count). The first-order valence-electron chi connectivity index (χ1n) is 18.2. The Hall–Kier alpha value is -7.20. The minimum atomic E-state index is -0.832. The van der Waals surface area contributed by atoms with E-state index in [0.29, 0.717) is 0 Å². The van der Waals surface area contributed by atoms with E-state index < -0.39 is 11.9 Å². The van der Waals surface area contributed by atoms with Crippen molar-refractivity contribution in [2.24, 2.45) is 0 Å². The van der Waals surface area contributed by atoms with Crippen LogP contribution < -0.4 is 9.97 Å². The van der Waals surface area contributed by atoms with E-state index in [2.05, 4.69) is 155 Å². The predicted molar refractivity (Wildman–Crippen MR) is 226 cm³/mol. The number of aromatic nitrogens is 4. The minimum Gasteiger partial charge on any atom is -0.657 e. The SMILES string of the molecule is C1=Cc2nc1c(-c1ccccc1)c1ccc([n-]1)c(-c1ccccc1)c1nc(c(-c3ccccc3)c3ccc([n-]3)c2-c2ccccc2)C=C1.COC(=O)[C-]C(=O)OC.[Co+3]. The van der Waals surface area contributed by atoms with E-state index >= 15 is 0 Å². The van der Waals surface area contributed by atoms with Gasteiger partial charge in [0.05, 0.1) is 37.0 Å². The van der Waals surface area contributed by atoms with Crippen LogP contribution in [-0.4, -0.2) is 36.1 Å². The van der Waals surface area contributed by atoms with Crippen molar-refractivity contribution in [2.75, 3.05) is 14.2 Å². The summed E-state index contributed by atoms with van der Waals surface area (Å²) in [5.41, 5.74) is 15.0. The first kappa shape index (κ1) is 39.0. The van der Waals surface area contributed by atoms with Gasteiger partial charge in [-0.3, -0.25) is 16.0 Å². The molecule has 5 heterocycles. The van der Waals surface area contributed by atoms with Crippen molar-refractivity contribution in [2.45, 2.75) is 0 Å². The molecule has 0 saturated carbocycles. The van der Waals surface area contributed by atoms with Crippen molar-refractivity contribution in [3.8, 4) is 44.5 Å². The van der Waals surface area contributed by atoms with Crippen molar-refractivity contribution < 1.29 is 35.8 Å². The third-order valence-corrected chi connectivity index (χ3v) is 9.43. The summed E-state index contributed by atoms with van der Waals surface area (Å²) in [5.74, 6) is -1.66. The molecule has 283 valence electrons. The Morgan fingerprint density at radius 2 is 0.655 bits per heavy atom. The Labute approximate surface area is 346 Å². The van der Waals surface area contributed by atoms with Crippen LogP contribution >= 0.6 is 0 Å². The van der Waals surface area contributed by atoms with E-state index in [9.17, 15) is 9.59 Å². The molecule has 0 N–H and O–H groups in total. The Balaban J connectivity index is 0.000000461. The Morgan fingerprint density at radius 3 is 0.879 bits per heavy atom. The molecule has 1 radical (unpaired) electrons. The number of hydrogen-bond donors (Lipinski definition) is 0. The normalized spacial score (nSPS) is 11.1. The summed E-state index contributed by atoms with van der Waals surface area (Å²) in [6.07, 6.45) is 10.2. The fourth-order valence-corrected chi connectivity index (χ4v) is 6.88. The molecule has 8 bridgehead atoms. The van der Waals surface area contributed by atoms with Crippen LogP contribution in [0.5, 0.6) is 0 Å². The molecule has 0 aliphatic carbocycles. The fraction of sp³-hybridized carbons (Fsp3) is 0.0408. The molecule has 8 nitrogen and oxygen atoms in total. The monoisotopic (exact) mass is 801 g/mol. The summed E-state index contributed by atoms with van der Waals surface area (Å²) in [4.78, 5) is 41.5. The minimum absolute atomic E-state index is 0. The third-order valence-electron chi connectivity index (χ3n) is 9.43. The summed E-state index contributed by atoms with van der Waals surface area (Å²) in [5, 5.41) is 0. The maximum atomic E-state index is 10.1. The zero-order valence-corrected chi connectivity index (χ0v) is 32.5. The Morgan fingerprint density at radius 1 is 0.414 bits per heavy atom. The van der Waals surface area contributed by atoms with Crippen LogP contribution in [0.3, 0.4) is 0 Å². The maximum absolute atomic E-state index is 10.1. The zero-order chi connectivity index (χ0) is 39.1. The second kappa shape index (κ2) is 17.7. The quantitative estimate of drug-likeness (QED) is 0.121. The van der Waals surface area contributed by atoms with Crippen LogP contribution in [-0.2, 0) is 35.8 Å². The number of carbonyl (C=O) groups is 2. The summed E-state index contributed by atoms with van der Waals surface area (Å²) in [7, 11) is 2.30. The molecule has 4 aromatic carbocycles. The van der Waals surface area contributed by atoms with Crippen LogP contribution in [0.15, 0.2) is 146 Å². The van der Waals surface area contributed by atoms with Gasteiger partial charge in [0.15, 0.2) is 11.9 Å².